The third kappa shape index (κ3) is 2.84. The molecule has 0 bridgehead atoms. The van der Waals surface area contributed by atoms with Gasteiger partial charge in [0.1, 0.15) is 11.5 Å². The number of nitrogens with zero attached hydrogens (tertiary/aromatic N) is 2. The molecule has 1 unspecified atom stereocenters. The average molecular weight is 236 g/mol. The van der Waals surface area contributed by atoms with E-state index in [-0.39, 0.29) is 0 Å². The van der Waals surface area contributed by atoms with E-state index in [0.717, 1.165) is 5.70 Å². The predicted octanol–water partition coefficient (Wildman–Crippen LogP) is 1.80. The molecule has 1 rings (SSSR count). The first-order chi connectivity index (χ1) is 8.02. The number of hydrogen-bond donors (Lipinski definition) is 0. The van der Waals surface area contributed by atoms with Gasteiger partial charge in [0.15, 0.2) is 6.23 Å². The lowest BCUT2D eigenvalue weighted by Crippen LogP contribution is -2.39. The Kier molecular flexibility index (Phi) is 4.67. The fourth-order valence-electron chi connectivity index (χ4n) is 2.14. The second kappa shape index (κ2) is 5.80. The molecule has 1 aliphatic rings. The zero-order valence-electron chi connectivity index (χ0n) is 11.1. The molecule has 94 valence electrons. The summed E-state index contributed by atoms with van der Waals surface area (Å²) < 4.78 is 5.17. The maximum absolute atomic E-state index is 11.1. The molecule has 1 atom stereocenters. The van der Waals surface area contributed by atoms with Crippen LogP contribution in [0.4, 0.5) is 0 Å². The van der Waals surface area contributed by atoms with Crippen LogP contribution < -0.4 is 0 Å². The van der Waals surface area contributed by atoms with Crippen molar-refractivity contribution in [1.82, 2.24) is 4.90 Å². The molecule has 0 aromatic carbocycles. The minimum Gasteiger partial charge on any atom is -0.366 e. The molecule has 0 N–H and O–H groups in total. The fraction of sp³-hybridized carbons (Fsp3) is 0.615. The molecule has 4 nitrogen and oxygen atoms in total. The molecular weight excluding hydrogens is 216 g/mol. The van der Waals surface area contributed by atoms with Crippen molar-refractivity contribution in [2.45, 2.75) is 46.0 Å². The molecule has 0 spiro atoms. The molecule has 0 aromatic heterocycles. The van der Waals surface area contributed by atoms with E-state index in [0.29, 0.717) is 17.7 Å². The van der Waals surface area contributed by atoms with Crippen LogP contribution in [0.2, 0.25) is 0 Å². The Balaban J connectivity index is 3.14. The molecule has 17 heavy (non-hydrogen) atoms. The van der Waals surface area contributed by atoms with Crippen LogP contribution in [-0.4, -0.2) is 42.5 Å². The van der Waals surface area contributed by atoms with Crippen LogP contribution in [0.3, 0.4) is 0 Å². The lowest BCUT2D eigenvalue weighted by atomic mass is 10.1. The van der Waals surface area contributed by atoms with Crippen molar-refractivity contribution < 1.29 is 9.53 Å². The van der Waals surface area contributed by atoms with Gasteiger partial charge in [-0.15, -0.1) is 0 Å². The van der Waals surface area contributed by atoms with Crippen LogP contribution in [-0.2, 0) is 9.53 Å². The molecular formula is C13H20N2O2. The number of dihydropyridines is 1. The normalized spacial score (nSPS) is 19.6. The average Bonchev–Trinajstić information content (AvgIpc) is 2.27. The van der Waals surface area contributed by atoms with Crippen molar-refractivity contribution in [1.29, 1.82) is 0 Å². The highest BCUT2D eigenvalue weighted by Crippen LogP contribution is 2.25. The van der Waals surface area contributed by atoms with E-state index < -0.39 is 6.23 Å². The number of rotatable bonds is 4. The van der Waals surface area contributed by atoms with Gasteiger partial charge >= 0.3 is 0 Å². The summed E-state index contributed by atoms with van der Waals surface area (Å²) in [5.41, 5.74) is 1.32. The van der Waals surface area contributed by atoms with Gasteiger partial charge in [0, 0.05) is 25.4 Å². The number of methoxy groups -OCH3 is 1. The highest BCUT2D eigenvalue weighted by Gasteiger charge is 2.27. The van der Waals surface area contributed by atoms with Gasteiger partial charge in [-0.05, 0) is 33.8 Å². The SMILES string of the molecule is COC1N=CC=C(N(C(C)C)C(C)C)C1=C=O. The second-order valence-electron chi connectivity index (χ2n) is 4.55. The molecule has 0 aromatic rings. The Morgan fingerprint density at radius 3 is 2.35 bits per heavy atom. The van der Waals surface area contributed by atoms with Crippen molar-refractivity contribution in [3.05, 3.63) is 17.3 Å². The quantitative estimate of drug-likeness (QED) is 0.699. The van der Waals surface area contributed by atoms with Gasteiger partial charge in [-0.2, -0.15) is 0 Å². The summed E-state index contributed by atoms with van der Waals surface area (Å²) in [4.78, 5) is 17.4. The van der Waals surface area contributed by atoms with E-state index >= 15 is 0 Å². The van der Waals surface area contributed by atoms with E-state index in [1.807, 2.05) is 12.0 Å². The molecule has 1 heterocycles. The smallest absolute Gasteiger partial charge is 0.185 e. The Bertz CT molecular complexity index is 369. The van der Waals surface area contributed by atoms with Gasteiger partial charge in [0.25, 0.3) is 0 Å². The number of allylic oxidation sites excluding steroid dienone is 1. The number of hydrogen-bond acceptors (Lipinski definition) is 4. The van der Waals surface area contributed by atoms with Gasteiger partial charge in [0.2, 0.25) is 0 Å². The summed E-state index contributed by atoms with van der Waals surface area (Å²) in [6.45, 7) is 8.38. The molecule has 1 aliphatic heterocycles. The first-order valence-corrected chi connectivity index (χ1v) is 5.82. The number of aliphatic imine (C=N–C) groups is 1. The van der Waals surface area contributed by atoms with Crippen LogP contribution in [0.1, 0.15) is 27.7 Å². The van der Waals surface area contributed by atoms with Crippen LogP contribution in [0.15, 0.2) is 22.3 Å². The van der Waals surface area contributed by atoms with Crippen molar-refractivity contribution >= 4 is 12.2 Å². The van der Waals surface area contributed by atoms with Crippen LogP contribution in [0, 0.1) is 0 Å². The predicted molar refractivity (Wildman–Crippen MR) is 68.7 cm³/mol. The van der Waals surface area contributed by atoms with Gasteiger partial charge in [-0.3, -0.25) is 4.99 Å². The molecule has 4 heteroatoms. The highest BCUT2D eigenvalue weighted by molar-refractivity contribution is 5.79. The fourth-order valence-corrected chi connectivity index (χ4v) is 2.14. The minimum absolute atomic E-state index is 0.300. The molecule has 0 aliphatic carbocycles. The third-order valence-electron chi connectivity index (χ3n) is 2.70. The van der Waals surface area contributed by atoms with E-state index in [2.05, 4.69) is 37.6 Å². The maximum atomic E-state index is 11.1. The Hall–Kier alpha value is -1.38. The first-order valence-electron chi connectivity index (χ1n) is 5.82. The summed E-state index contributed by atoms with van der Waals surface area (Å²) in [6, 6.07) is 0.599. The Morgan fingerprint density at radius 1 is 1.35 bits per heavy atom. The number of carbonyl (C=O) groups excluding carboxylic acids is 1. The van der Waals surface area contributed by atoms with E-state index in [4.69, 9.17) is 4.74 Å². The van der Waals surface area contributed by atoms with Crippen molar-refractivity contribution in [2.75, 3.05) is 7.11 Å². The van der Waals surface area contributed by atoms with Crippen LogP contribution in [0.5, 0.6) is 0 Å². The van der Waals surface area contributed by atoms with E-state index in [1.54, 1.807) is 6.21 Å². The van der Waals surface area contributed by atoms with Crippen molar-refractivity contribution in [2.24, 2.45) is 4.99 Å². The summed E-state index contributed by atoms with van der Waals surface area (Å²) in [5, 5.41) is 0. The molecule has 0 amide bonds. The molecule has 0 saturated heterocycles. The largest absolute Gasteiger partial charge is 0.366 e. The summed E-state index contributed by atoms with van der Waals surface area (Å²) in [6.07, 6.45) is 2.99. The summed E-state index contributed by atoms with van der Waals surface area (Å²) in [5.74, 6) is 1.96. The van der Waals surface area contributed by atoms with Gasteiger partial charge in [0.05, 0.1) is 5.70 Å². The second-order valence-corrected chi connectivity index (χ2v) is 4.55. The van der Waals surface area contributed by atoms with E-state index in [9.17, 15) is 4.79 Å². The zero-order chi connectivity index (χ0) is 13.0. The lowest BCUT2D eigenvalue weighted by molar-refractivity contribution is 0.132. The highest BCUT2D eigenvalue weighted by atomic mass is 16.5. The van der Waals surface area contributed by atoms with Crippen LogP contribution in [0.25, 0.3) is 0 Å². The topological polar surface area (TPSA) is 41.9 Å². The number of ether oxygens (including phenoxy) is 1. The standard InChI is InChI=1S/C13H20N2O2/c1-9(2)15(10(3)4)12-6-7-14-13(17-5)11(12)8-16/h6-7,9-10,13H,1-5H3. The Morgan fingerprint density at radius 2 is 1.94 bits per heavy atom. The molecule has 0 radical (unpaired) electrons. The third-order valence-corrected chi connectivity index (χ3v) is 2.70. The maximum Gasteiger partial charge on any atom is 0.185 e. The van der Waals surface area contributed by atoms with Gasteiger partial charge < -0.3 is 9.64 Å². The Labute approximate surface area is 103 Å². The van der Waals surface area contributed by atoms with Crippen LogP contribution >= 0.6 is 0 Å². The first kappa shape index (κ1) is 13.7. The lowest BCUT2D eigenvalue weighted by Gasteiger charge is -2.36. The molecule has 0 saturated carbocycles. The van der Waals surface area contributed by atoms with Gasteiger partial charge in [-0.1, -0.05) is 0 Å². The summed E-state index contributed by atoms with van der Waals surface area (Å²) in [7, 11) is 1.54. The molecule has 0 fully saturated rings. The zero-order valence-corrected chi connectivity index (χ0v) is 11.1. The van der Waals surface area contributed by atoms with E-state index in [1.165, 1.54) is 7.11 Å². The summed E-state index contributed by atoms with van der Waals surface area (Å²) >= 11 is 0. The monoisotopic (exact) mass is 236 g/mol. The van der Waals surface area contributed by atoms with Gasteiger partial charge in [-0.25, -0.2) is 4.79 Å². The van der Waals surface area contributed by atoms with Crippen molar-refractivity contribution in [3.63, 3.8) is 0 Å². The van der Waals surface area contributed by atoms with Crippen molar-refractivity contribution in [3.8, 4) is 0 Å². The minimum atomic E-state index is -0.535.